The van der Waals surface area contributed by atoms with Crippen LogP contribution in [0.3, 0.4) is 0 Å². The average Bonchev–Trinajstić information content (AvgIpc) is 3.09. The van der Waals surface area contributed by atoms with Crippen molar-refractivity contribution < 1.29 is 51.9 Å². The van der Waals surface area contributed by atoms with E-state index in [1.165, 1.54) is 6.92 Å². The molecular formula is C41H80O11Si. The number of unbranched alkanes of at least 4 members (excludes halogenated alkanes) is 5. The van der Waals surface area contributed by atoms with Gasteiger partial charge in [-0.15, -0.1) is 0 Å². The van der Waals surface area contributed by atoms with Crippen LogP contribution in [0.4, 0.5) is 0 Å². The second-order valence-corrected chi connectivity index (χ2v) is 21.2. The fourth-order valence-electron chi connectivity index (χ4n) is 6.21. The van der Waals surface area contributed by atoms with Crippen LogP contribution in [0.1, 0.15) is 133 Å². The predicted octanol–water partition coefficient (Wildman–Crippen LogP) is 8.40. The zero-order valence-corrected chi connectivity index (χ0v) is 36.8. The molecule has 314 valence electrons. The van der Waals surface area contributed by atoms with Crippen LogP contribution in [0.2, 0.25) is 18.1 Å². The third-order valence-corrected chi connectivity index (χ3v) is 15.1. The molecule has 11 nitrogen and oxygen atoms in total. The molecule has 0 saturated carbocycles. The van der Waals surface area contributed by atoms with Gasteiger partial charge in [-0.25, -0.2) is 0 Å². The molecule has 0 spiro atoms. The van der Waals surface area contributed by atoms with Gasteiger partial charge in [-0.05, 0) is 57.2 Å². The van der Waals surface area contributed by atoms with Gasteiger partial charge in [0.1, 0.15) is 42.7 Å². The Labute approximate surface area is 324 Å². The lowest BCUT2D eigenvalue weighted by Gasteiger charge is -2.50. The first-order valence-electron chi connectivity index (χ1n) is 21.1. The Hall–Kier alpha value is -0.673. The summed E-state index contributed by atoms with van der Waals surface area (Å²) in [6.07, 6.45) is 3.43. The van der Waals surface area contributed by atoms with E-state index in [1.807, 2.05) is 6.92 Å². The molecule has 10 atom stereocenters. The molecule has 0 aliphatic carbocycles. The maximum Gasteiger partial charge on any atom is 0.303 e. The number of carbonyl (C=O) groups excluding carboxylic acids is 1. The van der Waals surface area contributed by atoms with E-state index in [9.17, 15) is 4.79 Å². The minimum Gasteiger partial charge on any atom is -0.454 e. The van der Waals surface area contributed by atoms with Gasteiger partial charge in [0, 0.05) is 40.0 Å². The molecule has 0 bridgehead atoms. The van der Waals surface area contributed by atoms with Crippen LogP contribution in [0, 0.1) is 0 Å². The summed E-state index contributed by atoms with van der Waals surface area (Å²) in [6.45, 7) is 28.6. The van der Waals surface area contributed by atoms with Crippen LogP contribution in [0.25, 0.3) is 0 Å². The van der Waals surface area contributed by atoms with Crippen LogP contribution in [0.5, 0.6) is 0 Å². The van der Waals surface area contributed by atoms with Crippen molar-refractivity contribution in [2.45, 2.75) is 213 Å². The standard InChI is InChI=1S/C41H80O11Si/c1-13-18-23-43-28-32-35(45-25-20-15-3)38(47-27-22-17-5)39(50-31(7)42)40(51-32)52-36-33(29-48-53(11,12)41(8,9)10)49-30(6)34(44-24-19-14-2)37(36)46-26-21-16-4/h30,32-40H,13-29H2,1-12H3/t30-,32?,33?,34?,35-,36-,37-,38+,39?,40-/m1/s1. The first-order chi connectivity index (χ1) is 25.3. The summed E-state index contributed by atoms with van der Waals surface area (Å²) in [5.41, 5.74) is 0. The van der Waals surface area contributed by atoms with E-state index in [-0.39, 0.29) is 17.7 Å². The maximum absolute atomic E-state index is 12.8. The predicted molar refractivity (Wildman–Crippen MR) is 211 cm³/mol. The number of carbonyl (C=O) groups is 1. The maximum atomic E-state index is 12.8. The lowest BCUT2D eigenvalue weighted by atomic mass is 9.94. The molecule has 2 rings (SSSR count). The van der Waals surface area contributed by atoms with Gasteiger partial charge in [-0.1, -0.05) is 87.5 Å². The van der Waals surface area contributed by atoms with Gasteiger partial charge in [-0.2, -0.15) is 0 Å². The van der Waals surface area contributed by atoms with Crippen LogP contribution < -0.4 is 0 Å². The highest BCUT2D eigenvalue weighted by Crippen LogP contribution is 2.39. The third-order valence-electron chi connectivity index (χ3n) is 10.6. The smallest absolute Gasteiger partial charge is 0.303 e. The molecule has 0 aromatic rings. The molecule has 2 saturated heterocycles. The topological polar surface area (TPSA) is 109 Å². The number of hydrogen-bond acceptors (Lipinski definition) is 11. The minimum absolute atomic E-state index is 0.000200. The van der Waals surface area contributed by atoms with Crippen molar-refractivity contribution in [3.63, 3.8) is 0 Å². The fourth-order valence-corrected chi connectivity index (χ4v) is 7.22. The van der Waals surface area contributed by atoms with Crippen molar-refractivity contribution in [3.05, 3.63) is 0 Å². The Morgan fingerprint density at radius 1 is 0.604 bits per heavy atom. The summed E-state index contributed by atoms with van der Waals surface area (Å²) in [6, 6.07) is 0. The van der Waals surface area contributed by atoms with E-state index in [1.54, 1.807) is 0 Å². The zero-order valence-electron chi connectivity index (χ0n) is 35.8. The van der Waals surface area contributed by atoms with Gasteiger partial charge in [0.2, 0.25) is 0 Å². The largest absolute Gasteiger partial charge is 0.454 e. The number of hydrogen-bond donors (Lipinski definition) is 0. The first-order valence-corrected chi connectivity index (χ1v) is 24.0. The second kappa shape index (κ2) is 25.6. The molecular weight excluding hydrogens is 697 g/mol. The van der Waals surface area contributed by atoms with Gasteiger partial charge in [0.15, 0.2) is 20.7 Å². The van der Waals surface area contributed by atoms with E-state index >= 15 is 0 Å². The van der Waals surface area contributed by atoms with Gasteiger partial charge < -0.3 is 47.1 Å². The zero-order chi connectivity index (χ0) is 39.4. The molecule has 2 aliphatic heterocycles. The van der Waals surface area contributed by atoms with Crippen molar-refractivity contribution in [2.75, 3.05) is 46.2 Å². The lowest BCUT2D eigenvalue weighted by molar-refractivity contribution is -0.353. The van der Waals surface area contributed by atoms with Gasteiger partial charge >= 0.3 is 5.97 Å². The van der Waals surface area contributed by atoms with Gasteiger partial charge in [0.25, 0.3) is 0 Å². The molecule has 2 heterocycles. The molecule has 0 aromatic heterocycles. The van der Waals surface area contributed by atoms with Gasteiger partial charge in [-0.3, -0.25) is 4.79 Å². The number of ether oxygens (including phenoxy) is 9. The van der Waals surface area contributed by atoms with E-state index < -0.39 is 69.4 Å². The summed E-state index contributed by atoms with van der Waals surface area (Å²) in [5.74, 6) is -0.455. The van der Waals surface area contributed by atoms with Crippen LogP contribution in [0.15, 0.2) is 0 Å². The quantitative estimate of drug-likeness (QED) is 0.0456. The monoisotopic (exact) mass is 777 g/mol. The summed E-state index contributed by atoms with van der Waals surface area (Å²) in [4.78, 5) is 12.8. The summed E-state index contributed by atoms with van der Waals surface area (Å²) < 4.78 is 66.2. The van der Waals surface area contributed by atoms with E-state index in [0.717, 1.165) is 64.2 Å². The van der Waals surface area contributed by atoms with Crippen molar-refractivity contribution in [1.29, 1.82) is 0 Å². The van der Waals surface area contributed by atoms with Crippen LogP contribution in [-0.2, 0) is 51.9 Å². The van der Waals surface area contributed by atoms with Crippen molar-refractivity contribution in [2.24, 2.45) is 0 Å². The Kier molecular flexibility index (Phi) is 23.4. The molecule has 0 radical (unpaired) electrons. The molecule has 53 heavy (non-hydrogen) atoms. The third kappa shape index (κ3) is 16.0. The molecule has 0 N–H and O–H groups in total. The number of esters is 1. The van der Waals surface area contributed by atoms with Crippen LogP contribution in [-0.4, -0.2) is 122 Å². The normalized spacial score (nSPS) is 29.7. The molecule has 2 aliphatic rings. The second-order valence-electron chi connectivity index (χ2n) is 16.4. The highest BCUT2D eigenvalue weighted by atomic mass is 28.4. The van der Waals surface area contributed by atoms with Crippen molar-refractivity contribution >= 4 is 14.3 Å². The van der Waals surface area contributed by atoms with Crippen molar-refractivity contribution in [3.8, 4) is 0 Å². The molecule has 2 fully saturated rings. The molecule has 12 heteroatoms. The molecule has 0 amide bonds. The Balaban J connectivity index is 2.65. The SMILES string of the molecule is CCCCOCC1O[C@H](O[C@@H]2C(CO[Si](C)(C)C(C)(C)C)O[C@H](C)C(OCCCC)[C@H]2OCCCC)C(OC(C)=O)[C@@H](OCCCC)[C@@H]1OCCCC. The summed E-state index contributed by atoms with van der Waals surface area (Å²) in [5, 5.41) is 0.000200. The summed E-state index contributed by atoms with van der Waals surface area (Å²) >= 11 is 0. The highest BCUT2D eigenvalue weighted by molar-refractivity contribution is 6.74. The van der Waals surface area contributed by atoms with Gasteiger partial charge in [0.05, 0.1) is 19.3 Å². The van der Waals surface area contributed by atoms with E-state index in [2.05, 4.69) is 68.5 Å². The fraction of sp³-hybridized carbons (Fsp3) is 0.976. The first kappa shape index (κ1) is 48.5. The average molecular weight is 777 g/mol. The van der Waals surface area contributed by atoms with E-state index in [4.69, 9.17) is 47.1 Å². The Bertz CT molecular complexity index is 963. The summed E-state index contributed by atoms with van der Waals surface area (Å²) in [7, 11) is -2.17. The highest BCUT2D eigenvalue weighted by Gasteiger charge is 2.54. The lowest BCUT2D eigenvalue weighted by Crippen LogP contribution is -2.66. The molecule has 0 aromatic carbocycles. The molecule has 4 unspecified atom stereocenters. The number of rotatable bonds is 27. The Morgan fingerprint density at radius 2 is 1.06 bits per heavy atom. The van der Waals surface area contributed by atoms with Crippen molar-refractivity contribution in [1.82, 2.24) is 0 Å². The van der Waals surface area contributed by atoms with E-state index in [0.29, 0.717) is 39.6 Å². The van der Waals surface area contributed by atoms with Crippen LogP contribution >= 0.6 is 0 Å². The Morgan fingerprint density at radius 3 is 1.55 bits per heavy atom. The minimum atomic E-state index is -2.17.